The zero-order chi connectivity index (χ0) is 46.0. The molecule has 0 aliphatic heterocycles. The first-order valence-electron chi connectivity index (χ1n) is 24.3. The Balaban J connectivity index is 0.954. The molecule has 0 saturated heterocycles. The second-order valence-electron chi connectivity index (χ2n) is 18.7. The molecule has 0 aliphatic rings. The number of aromatic nitrogens is 2. The van der Waals surface area contributed by atoms with Gasteiger partial charge in [0, 0.05) is 22.9 Å². The molecule has 0 fully saturated rings. The molecule has 0 amide bonds. The van der Waals surface area contributed by atoms with Crippen molar-refractivity contribution in [2.45, 2.75) is 13.3 Å². The van der Waals surface area contributed by atoms with Crippen LogP contribution < -0.4 is 0 Å². The standard InChI is InChI=1S/C67H42N2O/c1-2-63-68-59-29-15-16-30-60(59)69(63)42-34-31-40(32-35-42)64-47-21-7-11-25-51(47)66(52-26-12-8-22-48(52)64)67-53-27-13-9-23-49(53)65(50-24-10-14-28-54(50)67)41-33-36-61-57(37-41)58-38-55-45-19-5-3-17-43(45)44-18-4-6-20-46(44)56(55)39-62(58)70-61/h3-39H,2H2,1H3. The molecule has 15 aromatic rings. The lowest BCUT2D eigenvalue weighted by Gasteiger charge is -2.22. The predicted molar refractivity (Wildman–Crippen MR) is 297 cm³/mol. The fraction of sp³-hybridized carbons (Fsp3) is 0.0299. The SMILES string of the molecule is CCc1nc2ccccc2n1-c1ccc(-c2c3ccccc3c(-c3c4ccccc4c(-c4ccc5oc6cc7c8ccccc8c8ccccc8c7cc6c5c4)c4ccccc34)c3ccccc23)cc1. The number of nitrogens with zero attached hydrogens (tertiary/aromatic N) is 2. The Morgan fingerprint density at radius 1 is 0.329 bits per heavy atom. The van der Waals surface area contributed by atoms with E-state index in [0.717, 1.165) is 50.9 Å². The summed E-state index contributed by atoms with van der Waals surface area (Å²) in [5, 5.41) is 19.6. The summed E-state index contributed by atoms with van der Waals surface area (Å²) in [5.41, 5.74) is 12.4. The van der Waals surface area contributed by atoms with E-state index in [1.807, 2.05) is 0 Å². The third kappa shape index (κ3) is 5.54. The normalized spacial score (nSPS) is 12.1. The first-order chi connectivity index (χ1) is 34.7. The minimum atomic E-state index is 0.849. The Kier molecular flexibility index (Phi) is 8.34. The molecule has 13 aromatic carbocycles. The fourth-order valence-corrected chi connectivity index (χ4v) is 12.1. The van der Waals surface area contributed by atoms with Gasteiger partial charge in [-0.05, 0) is 157 Å². The van der Waals surface area contributed by atoms with Crippen molar-refractivity contribution in [3.05, 3.63) is 230 Å². The highest BCUT2D eigenvalue weighted by atomic mass is 16.3. The van der Waals surface area contributed by atoms with Crippen LogP contribution in [0.3, 0.4) is 0 Å². The summed E-state index contributed by atoms with van der Waals surface area (Å²) in [6, 6.07) is 82.6. The van der Waals surface area contributed by atoms with Crippen LogP contribution in [0.15, 0.2) is 229 Å². The third-order valence-electron chi connectivity index (χ3n) is 15.1. The van der Waals surface area contributed by atoms with Crippen molar-refractivity contribution in [2.75, 3.05) is 0 Å². The molecule has 3 nitrogen and oxygen atoms in total. The lowest BCUT2D eigenvalue weighted by atomic mass is 9.81. The van der Waals surface area contributed by atoms with Gasteiger partial charge in [-0.2, -0.15) is 0 Å². The topological polar surface area (TPSA) is 31.0 Å². The van der Waals surface area contributed by atoms with Crippen LogP contribution in [-0.2, 0) is 6.42 Å². The maximum absolute atomic E-state index is 6.73. The van der Waals surface area contributed by atoms with E-state index in [2.05, 4.69) is 236 Å². The van der Waals surface area contributed by atoms with Gasteiger partial charge in [-0.25, -0.2) is 4.98 Å². The van der Waals surface area contributed by atoms with Gasteiger partial charge in [0.15, 0.2) is 0 Å². The van der Waals surface area contributed by atoms with Crippen molar-refractivity contribution >= 4 is 108 Å². The first kappa shape index (κ1) is 39.0. The highest BCUT2D eigenvalue weighted by Crippen LogP contribution is 2.51. The Morgan fingerprint density at radius 3 is 1.24 bits per heavy atom. The molecule has 0 atom stereocenters. The Morgan fingerprint density at radius 2 is 0.729 bits per heavy atom. The second-order valence-corrected chi connectivity index (χ2v) is 18.7. The summed E-state index contributed by atoms with van der Waals surface area (Å²) < 4.78 is 9.04. The van der Waals surface area contributed by atoms with E-state index in [-0.39, 0.29) is 0 Å². The quantitative estimate of drug-likeness (QED) is 0.127. The molecular weight excluding hydrogens is 849 g/mol. The summed E-state index contributed by atoms with van der Waals surface area (Å²) in [5.74, 6) is 1.06. The molecule has 70 heavy (non-hydrogen) atoms. The van der Waals surface area contributed by atoms with Gasteiger partial charge in [0.2, 0.25) is 0 Å². The zero-order valence-corrected chi connectivity index (χ0v) is 38.4. The molecule has 2 heterocycles. The molecule has 0 saturated carbocycles. The van der Waals surface area contributed by atoms with Crippen LogP contribution in [0.25, 0.3) is 147 Å². The van der Waals surface area contributed by atoms with Crippen molar-refractivity contribution in [2.24, 2.45) is 0 Å². The number of hydrogen-bond donors (Lipinski definition) is 0. The Labute approximate surface area is 403 Å². The van der Waals surface area contributed by atoms with Gasteiger partial charge in [0.1, 0.15) is 17.0 Å². The van der Waals surface area contributed by atoms with E-state index in [1.54, 1.807) is 0 Å². The number of fused-ring (bicyclic) bond motifs is 14. The smallest absolute Gasteiger partial charge is 0.136 e. The fourth-order valence-electron chi connectivity index (χ4n) is 12.1. The summed E-state index contributed by atoms with van der Waals surface area (Å²) in [4.78, 5) is 4.98. The summed E-state index contributed by atoms with van der Waals surface area (Å²) in [6.45, 7) is 2.18. The van der Waals surface area contributed by atoms with Gasteiger partial charge in [-0.3, -0.25) is 4.57 Å². The van der Waals surface area contributed by atoms with Crippen molar-refractivity contribution in [1.29, 1.82) is 0 Å². The van der Waals surface area contributed by atoms with Crippen LogP contribution in [0.5, 0.6) is 0 Å². The predicted octanol–water partition coefficient (Wildman–Crippen LogP) is 18.6. The maximum Gasteiger partial charge on any atom is 0.136 e. The minimum absolute atomic E-state index is 0.849. The van der Waals surface area contributed by atoms with Gasteiger partial charge in [-0.1, -0.05) is 183 Å². The van der Waals surface area contributed by atoms with Gasteiger partial charge >= 0.3 is 0 Å². The minimum Gasteiger partial charge on any atom is -0.456 e. The van der Waals surface area contributed by atoms with E-state index < -0.39 is 0 Å². The van der Waals surface area contributed by atoms with Crippen LogP contribution in [0.2, 0.25) is 0 Å². The number of imidazole rings is 1. The first-order valence-corrected chi connectivity index (χ1v) is 24.3. The number of benzene rings is 13. The average Bonchev–Trinajstić information content (AvgIpc) is 3.99. The largest absolute Gasteiger partial charge is 0.456 e. The lowest BCUT2D eigenvalue weighted by Crippen LogP contribution is -2.00. The lowest BCUT2D eigenvalue weighted by molar-refractivity contribution is 0.669. The Bertz CT molecular complexity index is 4570. The van der Waals surface area contributed by atoms with E-state index in [4.69, 9.17) is 9.40 Å². The van der Waals surface area contributed by atoms with E-state index in [1.165, 1.54) is 109 Å². The highest BCUT2D eigenvalue weighted by Gasteiger charge is 2.24. The van der Waals surface area contributed by atoms with E-state index in [9.17, 15) is 0 Å². The average molecular weight is 891 g/mol. The third-order valence-corrected chi connectivity index (χ3v) is 15.1. The molecule has 0 bridgehead atoms. The number of para-hydroxylation sites is 2. The summed E-state index contributed by atoms with van der Waals surface area (Å²) in [7, 11) is 0. The molecule has 2 aromatic heterocycles. The number of aryl methyl sites for hydroxylation is 1. The molecule has 0 spiro atoms. The van der Waals surface area contributed by atoms with Gasteiger partial charge < -0.3 is 4.42 Å². The zero-order valence-electron chi connectivity index (χ0n) is 38.4. The van der Waals surface area contributed by atoms with Crippen molar-refractivity contribution in [1.82, 2.24) is 9.55 Å². The number of furan rings is 1. The van der Waals surface area contributed by atoms with Crippen LogP contribution >= 0.6 is 0 Å². The Hall–Kier alpha value is -9.05. The van der Waals surface area contributed by atoms with Crippen molar-refractivity contribution in [3.8, 4) is 39.1 Å². The molecule has 0 aliphatic carbocycles. The van der Waals surface area contributed by atoms with Crippen LogP contribution in [0.4, 0.5) is 0 Å². The highest BCUT2D eigenvalue weighted by molar-refractivity contribution is 6.31. The van der Waals surface area contributed by atoms with Gasteiger partial charge in [0.25, 0.3) is 0 Å². The summed E-state index contributed by atoms with van der Waals surface area (Å²) >= 11 is 0. The summed E-state index contributed by atoms with van der Waals surface area (Å²) in [6.07, 6.45) is 0.849. The van der Waals surface area contributed by atoms with Crippen molar-refractivity contribution < 1.29 is 4.42 Å². The molecule has 0 N–H and O–H groups in total. The number of hydrogen-bond acceptors (Lipinski definition) is 2. The monoisotopic (exact) mass is 890 g/mol. The van der Waals surface area contributed by atoms with Crippen LogP contribution in [0, 0.1) is 0 Å². The molecule has 326 valence electrons. The molecular formula is C67H42N2O. The molecule has 3 heteroatoms. The second kappa shape index (κ2) is 15.0. The maximum atomic E-state index is 6.73. The molecule has 15 rings (SSSR count). The number of rotatable bonds is 5. The molecule has 0 radical (unpaired) electrons. The van der Waals surface area contributed by atoms with Crippen LogP contribution in [0.1, 0.15) is 12.7 Å². The molecule has 0 unspecified atom stereocenters. The van der Waals surface area contributed by atoms with Gasteiger partial charge in [-0.15, -0.1) is 0 Å². The van der Waals surface area contributed by atoms with E-state index in [0.29, 0.717) is 0 Å². The van der Waals surface area contributed by atoms with Crippen molar-refractivity contribution in [3.63, 3.8) is 0 Å². The van der Waals surface area contributed by atoms with E-state index >= 15 is 0 Å². The van der Waals surface area contributed by atoms with Crippen LogP contribution in [-0.4, -0.2) is 9.55 Å². The van der Waals surface area contributed by atoms with Gasteiger partial charge in [0.05, 0.1) is 11.0 Å².